The number of hydrogen-bond donors (Lipinski definition) is 2. The van der Waals surface area contributed by atoms with Gasteiger partial charge in [0.15, 0.2) is 0 Å². The highest BCUT2D eigenvalue weighted by molar-refractivity contribution is 7.89. The summed E-state index contributed by atoms with van der Waals surface area (Å²) >= 11 is 0. The number of hydrogen-bond acceptors (Lipinski definition) is 4. The van der Waals surface area contributed by atoms with Gasteiger partial charge in [0.1, 0.15) is 5.75 Å². The summed E-state index contributed by atoms with van der Waals surface area (Å²) in [5.74, 6) is 5.93. The van der Waals surface area contributed by atoms with Crippen LogP contribution in [0.4, 0.5) is 5.69 Å². The van der Waals surface area contributed by atoms with Crippen molar-refractivity contribution >= 4 is 21.6 Å². The molecule has 0 radical (unpaired) electrons. The van der Waals surface area contributed by atoms with Gasteiger partial charge in [-0.1, -0.05) is 17.9 Å². The van der Waals surface area contributed by atoms with Gasteiger partial charge in [-0.25, -0.2) is 8.42 Å². The van der Waals surface area contributed by atoms with E-state index in [9.17, 15) is 13.2 Å². The molecule has 6 nitrogen and oxygen atoms in total. The predicted molar refractivity (Wildman–Crippen MR) is 95.8 cm³/mol. The van der Waals surface area contributed by atoms with Crippen molar-refractivity contribution in [3.63, 3.8) is 0 Å². The second kappa shape index (κ2) is 8.33. The third-order valence-corrected chi connectivity index (χ3v) is 4.54. The molecule has 0 unspecified atom stereocenters. The summed E-state index contributed by atoms with van der Waals surface area (Å²) in [6, 6.07) is 13.1. The van der Waals surface area contributed by atoms with Crippen LogP contribution < -0.4 is 14.8 Å². The minimum Gasteiger partial charge on any atom is -0.497 e. The molecule has 0 aliphatic heterocycles. The first kappa shape index (κ1) is 18.5. The smallest absolute Gasteiger partial charge is 0.241 e. The molecule has 25 heavy (non-hydrogen) atoms. The Hall–Kier alpha value is -2.82. The molecule has 130 valence electrons. The number of nitrogens with one attached hydrogen (secondary N) is 2. The van der Waals surface area contributed by atoms with Gasteiger partial charge < -0.3 is 10.1 Å². The lowest BCUT2D eigenvalue weighted by atomic mass is 10.2. The standard InChI is InChI=1S/C18H18N2O4S/c1-14(21)20-16-10-8-15(9-11-16)5-4-12-19-25(22,23)18-7-3-6-17(13-18)24-2/h3,6-11,13,19H,12H2,1-2H3,(H,20,21). The number of methoxy groups -OCH3 is 1. The number of rotatable bonds is 5. The molecule has 0 heterocycles. The minimum absolute atomic E-state index is 0.0208. The number of sulfonamides is 1. The molecule has 0 saturated carbocycles. The molecule has 0 aliphatic rings. The molecule has 0 aromatic heterocycles. The number of anilines is 1. The van der Waals surface area contributed by atoms with E-state index in [1.165, 1.54) is 26.2 Å². The van der Waals surface area contributed by atoms with Crippen LogP contribution in [0, 0.1) is 11.8 Å². The first-order chi connectivity index (χ1) is 11.9. The average molecular weight is 358 g/mol. The van der Waals surface area contributed by atoms with Gasteiger partial charge in [0.05, 0.1) is 18.6 Å². The van der Waals surface area contributed by atoms with Crippen molar-refractivity contribution < 1.29 is 17.9 Å². The number of ether oxygens (including phenoxy) is 1. The first-order valence-corrected chi connectivity index (χ1v) is 8.89. The lowest BCUT2D eigenvalue weighted by Gasteiger charge is -2.05. The van der Waals surface area contributed by atoms with E-state index in [2.05, 4.69) is 21.9 Å². The maximum atomic E-state index is 12.2. The van der Waals surface area contributed by atoms with Gasteiger partial charge in [-0.05, 0) is 36.4 Å². The van der Waals surface area contributed by atoms with Gasteiger partial charge in [-0.2, -0.15) is 4.72 Å². The molecule has 2 rings (SSSR count). The summed E-state index contributed by atoms with van der Waals surface area (Å²) in [5.41, 5.74) is 1.39. The highest BCUT2D eigenvalue weighted by Crippen LogP contribution is 2.16. The molecule has 0 aliphatic carbocycles. The second-order valence-corrected chi connectivity index (χ2v) is 6.83. The molecule has 0 bridgehead atoms. The van der Waals surface area contributed by atoms with E-state index in [1.807, 2.05) is 0 Å². The van der Waals surface area contributed by atoms with Crippen LogP contribution in [0.15, 0.2) is 53.4 Å². The van der Waals surface area contributed by atoms with Crippen LogP contribution in [0.5, 0.6) is 5.75 Å². The van der Waals surface area contributed by atoms with E-state index in [0.717, 1.165) is 5.56 Å². The van der Waals surface area contributed by atoms with Crippen LogP contribution in [-0.2, 0) is 14.8 Å². The van der Waals surface area contributed by atoms with Crippen molar-refractivity contribution in [2.75, 3.05) is 19.0 Å². The fourth-order valence-electron chi connectivity index (χ4n) is 1.97. The molecule has 0 saturated heterocycles. The van der Waals surface area contributed by atoms with Gasteiger partial charge >= 0.3 is 0 Å². The van der Waals surface area contributed by atoms with Crippen molar-refractivity contribution in [3.05, 3.63) is 54.1 Å². The summed E-state index contributed by atoms with van der Waals surface area (Å²) in [6.45, 7) is 1.41. The van der Waals surface area contributed by atoms with E-state index in [4.69, 9.17) is 4.74 Å². The summed E-state index contributed by atoms with van der Waals surface area (Å²) in [5, 5.41) is 2.66. The predicted octanol–water partition coefficient (Wildman–Crippen LogP) is 1.98. The van der Waals surface area contributed by atoms with E-state index in [1.54, 1.807) is 36.4 Å². The number of benzene rings is 2. The lowest BCUT2D eigenvalue weighted by Crippen LogP contribution is -2.24. The van der Waals surface area contributed by atoms with Gasteiger partial charge in [0.2, 0.25) is 15.9 Å². The molecule has 0 atom stereocenters. The van der Waals surface area contributed by atoms with Crippen LogP contribution in [0.2, 0.25) is 0 Å². The van der Waals surface area contributed by atoms with Crippen LogP contribution >= 0.6 is 0 Å². The van der Waals surface area contributed by atoms with Crippen LogP contribution in [-0.4, -0.2) is 28.0 Å². The zero-order valence-corrected chi connectivity index (χ0v) is 14.7. The zero-order valence-electron chi connectivity index (χ0n) is 13.9. The lowest BCUT2D eigenvalue weighted by molar-refractivity contribution is -0.114. The minimum atomic E-state index is -3.65. The molecule has 7 heteroatoms. The molecule has 2 aromatic carbocycles. The van der Waals surface area contributed by atoms with E-state index < -0.39 is 10.0 Å². The molecule has 2 N–H and O–H groups in total. The fraction of sp³-hybridized carbons (Fsp3) is 0.167. The number of carbonyl (C=O) groups excluding carboxylic acids is 1. The Kier molecular flexibility index (Phi) is 6.17. The quantitative estimate of drug-likeness (QED) is 0.801. The van der Waals surface area contributed by atoms with E-state index in [-0.39, 0.29) is 17.3 Å². The molecule has 2 aromatic rings. The third-order valence-electron chi connectivity index (χ3n) is 3.14. The maximum absolute atomic E-state index is 12.2. The monoisotopic (exact) mass is 358 g/mol. The third kappa shape index (κ3) is 5.64. The first-order valence-electron chi connectivity index (χ1n) is 7.41. The van der Waals surface area contributed by atoms with Gasteiger partial charge in [0, 0.05) is 24.2 Å². The Labute approximate surface area is 147 Å². The molecular formula is C18H18N2O4S. The summed E-state index contributed by atoms with van der Waals surface area (Å²) in [6.07, 6.45) is 0. The zero-order chi connectivity index (χ0) is 18.3. The Bertz CT molecular complexity index is 910. The SMILES string of the molecule is COc1cccc(S(=O)(=O)NCC#Cc2ccc(NC(C)=O)cc2)c1. The van der Waals surface area contributed by atoms with Crippen LogP contribution in [0.1, 0.15) is 12.5 Å². The number of amides is 1. The molecule has 1 amide bonds. The van der Waals surface area contributed by atoms with E-state index >= 15 is 0 Å². The summed E-state index contributed by atoms with van der Waals surface area (Å²) < 4.78 is 31.8. The Balaban J connectivity index is 1.98. The van der Waals surface area contributed by atoms with Crippen LogP contribution in [0.3, 0.4) is 0 Å². The average Bonchev–Trinajstić information content (AvgIpc) is 2.60. The Morgan fingerprint density at radius 3 is 2.52 bits per heavy atom. The number of carbonyl (C=O) groups is 1. The van der Waals surface area contributed by atoms with Crippen molar-refractivity contribution in [3.8, 4) is 17.6 Å². The fourth-order valence-corrected chi connectivity index (χ4v) is 2.93. The second-order valence-electron chi connectivity index (χ2n) is 5.06. The van der Waals surface area contributed by atoms with Gasteiger partial charge in [-0.15, -0.1) is 0 Å². The normalized spacial score (nSPS) is 10.5. The van der Waals surface area contributed by atoms with E-state index in [0.29, 0.717) is 11.4 Å². The molecular weight excluding hydrogens is 340 g/mol. The van der Waals surface area contributed by atoms with Crippen molar-refractivity contribution in [1.82, 2.24) is 4.72 Å². The van der Waals surface area contributed by atoms with Crippen LogP contribution in [0.25, 0.3) is 0 Å². The topological polar surface area (TPSA) is 84.5 Å². The molecule has 0 spiro atoms. The Morgan fingerprint density at radius 2 is 1.88 bits per heavy atom. The van der Waals surface area contributed by atoms with Crippen molar-refractivity contribution in [1.29, 1.82) is 0 Å². The maximum Gasteiger partial charge on any atom is 0.241 e. The van der Waals surface area contributed by atoms with Gasteiger partial charge in [0.25, 0.3) is 0 Å². The summed E-state index contributed by atoms with van der Waals surface area (Å²) in [4.78, 5) is 11.1. The summed E-state index contributed by atoms with van der Waals surface area (Å²) in [7, 11) is -2.17. The van der Waals surface area contributed by atoms with Gasteiger partial charge in [-0.3, -0.25) is 4.79 Å². The molecule has 0 fully saturated rings. The highest BCUT2D eigenvalue weighted by atomic mass is 32.2. The Morgan fingerprint density at radius 1 is 1.16 bits per heavy atom. The van der Waals surface area contributed by atoms with Crippen molar-refractivity contribution in [2.24, 2.45) is 0 Å². The van der Waals surface area contributed by atoms with Crippen molar-refractivity contribution in [2.45, 2.75) is 11.8 Å². The largest absolute Gasteiger partial charge is 0.497 e. The highest BCUT2D eigenvalue weighted by Gasteiger charge is 2.13.